The molecule has 14 nitrogen and oxygen atoms in total. The minimum absolute atomic E-state index is 0.00901. The average molecular weight is 768 g/mol. The van der Waals surface area contributed by atoms with Gasteiger partial charge in [-0.3, -0.25) is 23.9 Å². The lowest BCUT2D eigenvalue weighted by Crippen LogP contribution is -2.58. The van der Waals surface area contributed by atoms with E-state index in [1.54, 1.807) is 12.3 Å². The molecule has 4 aliphatic rings. The van der Waals surface area contributed by atoms with Crippen molar-refractivity contribution in [1.82, 2.24) is 35.2 Å². The number of nitrogens with one attached hydrogen (secondary N) is 3. The van der Waals surface area contributed by atoms with E-state index in [-0.39, 0.29) is 36.5 Å². The third kappa shape index (κ3) is 7.50. The second-order valence-electron chi connectivity index (χ2n) is 14.6. The van der Waals surface area contributed by atoms with Gasteiger partial charge in [-0.25, -0.2) is 27.8 Å². The van der Waals surface area contributed by atoms with Crippen LogP contribution in [-0.2, 0) is 30.8 Å². The zero-order chi connectivity index (χ0) is 37.5. The third-order valence-corrected chi connectivity index (χ3v) is 13.5. The van der Waals surface area contributed by atoms with E-state index in [9.17, 15) is 32.0 Å². The van der Waals surface area contributed by atoms with Gasteiger partial charge in [0.1, 0.15) is 40.9 Å². The molecule has 53 heavy (non-hydrogen) atoms. The van der Waals surface area contributed by atoms with Crippen LogP contribution in [0.3, 0.4) is 0 Å². The molecular weight excluding hydrogens is 726 g/mol. The SMILES string of the molecule is CCc1nc2ccc(F)cc2nc1O[C@@H]1C[C@H]2C(=O)N[C@]3(C(=O)NS(=O)(=O)C4(C)CC4)C[C@H]3/C=C\CCCCC[C@H](NC(=O)c3cscn3)C(=O)N2C1. The van der Waals surface area contributed by atoms with Crippen LogP contribution in [0, 0.1) is 11.7 Å². The maximum Gasteiger partial charge on any atom is 0.271 e. The topological polar surface area (TPSA) is 190 Å². The number of nitrogens with zero attached hydrogens (tertiary/aromatic N) is 4. The van der Waals surface area contributed by atoms with Crippen molar-refractivity contribution in [2.24, 2.45) is 5.92 Å². The van der Waals surface area contributed by atoms with Crippen LogP contribution < -0.4 is 20.1 Å². The Bertz CT molecular complexity index is 2070. The molecule has 1 saturated heterocycles. The number of benzene rings is 1. The molecule has 0 unspecified atom stereocenters. The Balaban J connectivity index is 1.20. The maximum atomic E-state index is 14.5. The fourth-order valence-corrected chi connectivity index (χ4v) is 8.88. The van der Waals surface area contributed by atoms with Crippen LogP contribution in [0.15, 0.2) is 41.2 Å². The van der Waals surface area contributed by atoms with E-state index in [1.807, 2.05) is 19.1 Å². The van der Waals surface area contributed by atoms with Crippen molar-refractivity contribution >= 4 is 56.0 Å². The average Bonchev–Trinajstić information content (AvgIpc) is 3.87. The quantitative estimate of drug-likeness (QED) is 0.287. The van der Waals surface area contributed by atoms with E-state index in [0.717, 1.165) is 12.8 Å². The zero-order valence-electron chi connectivity index (χ0n) is 29.5. The first-order valence-electron chi connectivity index (χ1n) is 18.0. The summed E-state index contributed by atoms with van der Waals surface area (Å²) >= 11 is 1.25. The van der Waals surface area contributed by atoms with Crippen LogP contribution in [0.4, 0.5) is 4.39 Å². The van der Waals surface area contributed by atoms with E-state index < -0.39 is 73.9 Å². The van der Waals surface area contributed by atoms with Gasteiger partial charge in [0.15, 0.2) is 0 Å². The van der Waals surface area contributed by atoms with Gasteiger partial charge in [-0.1, -0.05) is 31.9 Å². The van der Waals surface area contributed by atoms with E-state index in [1.165, 1.54) is 39.9 Å². The summed E-state index contributed by atoms with van der Waals surface area (Å²) in [6.07, 6.45) is 7.60. The van der Waals surface area contributed by atoms with Crippen molar-refractivity contribution in [1.29, 1.82) is 0 Å². The van der Waals surface area contributed by atoms with Gasteiger partial charge in [0.2, 0.25) is 27.7 Å². The molecule has 3 aromatic rings. The molecule has 3 fully saturated rings. The van der Waals surface area contributed by atoms with Gasteiger partial charge in [-0.15, -0.1) is 11.3 Å². The molecule has 2 aliphatic heterocycles. The zero-order valence-corrected chi connectivity index (χ0v) is 31.1. The monoisotopic (exact) mass is 767 g/mol. The number of thiazole rings is 1. The molecule has 2 aliphatic carbocycles. The van der Waals surface area contributed by atoms with Crippen molar-refractivity contribution in [2.75, 3.05) is 6.54 Å². The van der Waals surface area contributed by atoms with E-state index in [2.05, 4.69) is 30.3 Å². The summed E-state index contributed by atoms with van der Waals surface area (Å²) < 4.78 is 47.9. The fourth-order valence-electron chi connectivity index (χ4n) is 7.03. The lowest BCUT2D eigenvalue weighted by Gasteiger charge is -2.30. The Kier molecular flexibility index (Phi) is 9.99. The number of carbonyl (C=O) groups is 4. The van der Waals surface area contributed by atoms with Crippen LogP contribution in [0.2, 0.25) is 0 Å². The second-order valence-corrected chi connectivity index (χ2v) is 17.5. The lowest BCUT2D eigenvalue weighted by molar-refractivity contribution is -0.141. The number of sulfonamides is 1. The van der Waals surface area contributed by atoms with Gasteiger partial charge < -0.3 is 20.3 Å². The minimum atomic E-state index is -4.00. The Morgan fingerprint density at radius 3 is 2.70 bits per heavy atom. The Hall–Kier alpha value is -4.51. The molecule has 2 aromatic heterocycles. The molecular formula is C36H42FN7O7S2. The van der Waals surface area contributed by atoms with Crippen LogP contribution in [0.5, 0.6) is 5.88 Å². The fraction of sp³-hybridized carbons (Fsp3) is 0.528. The maximum absolute atomic E-state index is 14.5. The first-order chi connectivity index (χ1) is 25.3. The molecule has 4 heterocycles. The summed E-state index contributed by atoms with van der Waals surface area (Å²) in [5, 5.41) is 7.26. The molecule has 0 bridgehead atoms. The summed E-state index contributed by atoms with van der Waals surface area (Å²) in [5.74, 6) is -3.32. The number of hydrogen-bond acceptors (Lipinski definition) is 11. The van der Waals surface area contributed by atoms with Crippen LogP contribution in [0.25, 0.3) is 11.0 Å². The standard InChI is InChI=1S/C36H42FN7O7S2/c1-3-24-32(41-27-15-22(37)11-12-25(27)39-24)51-23-16-29-31(46)42-36(34(48)43-53(49,50)35(2)13-14-35)17-21(36)9-7-5-4-6-8-10-26(33(47)44(29)18-23)40-30(45)28-19-52-20-38-28/h7,9,11-12,15,19-21,23,26,29H,3-6,8,10,13-14,16-18H2,1-2H3,(H,40,45)(H,42,46)(H,43,48)/b9-7-/t21-,23-,26+,29+,36-/m1/s1. The summed E-state index contributed by atoms with van der Waals surface area (Å²) in [4.78, 5) is 70.4. The number of aryl methyl sites for hydroxylation is 1. The minimum Gasteiger partial charge on any atom is -0.471 e. The highest BCUT2D eigenvalue weighted by Gasteiger charge is 2.63. The molecule has 5 atom stereocenters. The number of fused-ring (bicyclic) bond motifs is 3. The number of rotatable bonds is 8. The number of carbonyl (C=O) groups excluding carboxylic acids is 4. The van der Waals surface area contributed by atoms with E-state index in [4.69, 9.17) is 4.74 Å². The molecule has 282 valence electrons. The van der Waals surface area contributed by atoms with Crippen molar-refractivity contribution in [3.8, 4) is 5.88 Å². The molecule has 0 spiro atoms. The number of halogens is 1. The summed E-state index contributed by atoms with van der Waals surface area (Å²) in [5.41, 5.74) is 1.41. The predicted octanol–water partition coefficient (Wildman–Crippen LogP) is 3.33. The molecule has 4 amide bonds. The number of ether oxygens (including phenoxy) is 1. The van der Waals surface area contributed by atoms with Crippen molar-refractivity contribution in [3.05, 3.63) is 58.4 Å². The summed E-state index contributed by atoms with van der Waals surface area (Å²) in [6, 6.07) is 1.92. The highest BCUT2D eigenvalue weighted by molar-refractivity contribution is 7.91. The van der Waals surface area contributed by atoms with Gasteiger partial charge >= 0.3 is 0 Å². The first-order valence-corrected chi connectivity index (χ1v) is 20.4. The number of hydrogen-bond donors (Lipinski definition) is 3. The predicted molar refractivity (Wildman–Crippen MR) is 193 cm³/mol. The number of allylic oxidation sites excluding steroid dienone is 1. The van der Waals surface area contributed by atoms with Crippen molar-refractivity contribution in [3.63, 3.8) is 0 Å². The Labute approximate surface area is 310 Å². The second kappa shape index (κ2) is 14.4. The molecule has 0 radical (unpaired) electrons. The Morgan fingerprint density at radius 2 is 1.96 bits per heavy atom. The van der Waals surface area contributed by atoms with Gasteiger partial charge in [0, 0.05) is 23.8 Å². The largest absolute Gasteiger partial charge is 0.471 e. The number of aromatic nitrogens is 3. The number of amides is 4. The van der Waals surface area contributed by atoms with Gasteiger partial charge in [0.25, 0.3) is 11.8 Å². The van der Waals surface area contributed by atoms with E-state index >= 15 is 0 Å². The van der Waals surface area contributed by atoms with Crippen LogP contribution in [0.1, 0.15) is 87.8 Å². The van der Waals surface area contributed by atoms with E-state index in [0.29, 0.717) is 49.7 Å². The van der Waals surface area contributed by atoms with Gasteiger partial charge in [0.05, 0.1) is 27.8 Å². The normalized spacial score (nSPS) is 27.7. The van der Waals surface area contributed by atoms with Crippen molar-refractivity contribution in [2.45, 2.75) is 107 Å². The van der Waals surface area contributed by atoms with Crippen LogP contribution in [-0.4, -0.2) is 86.9 Å². The third-order valence-electron chi connectivity index (χ3n) is 10.7. The molecule has 7 rings (SSSR count). The van der Waals surface area contributed by atoms with Crippen molar-refractivity contribution < 1.29 is 36.7 Å². The van der Waals surface area contributed by atoms with Crippen LogP contribution >= 0.6 is 11.3 Å². The highest BCUT2D eigenvalue weighted by Crippen LogP contribution is 2.47. The molecule has 3 N–H and O–H groups in total. The highest BCUT2D eigenvalue weighted by atomic mass is 32.2. The molecule has 17 heteroatoms. The molecule has 2 saturated carbocycles. The summed E-state index contributed by atoms with van der Waals surface area (Å²) in [6.45, 7) is 3.37. The first kappa shape index (κ1) is 36.8. The Morgan fingerprint density at radius 1 is 1.15 bits per heavy atom. The lowest BCUT2D eigenvalue weighted by atomic mass is 10.0. The van der Waals surface area contributed by atoms with Gasteiger partial charge in [-0.05, 0) is 64.0 Å². The van der Waals surface area contributed by atoms with Gasteiger partial charge in [-0.2, -0.15) is 0 Å². The smallest absolute Gasteiger partial charge is 0.271 e. The summed E-state index contributed by atoms with van der Waals surface area (Å²) in [7, 11) is -4.00. The molecule has 1 aromatic carbocycles.